The standard InChI is InChI=1S/C12H17FN2O/c1-12(2,7-8-14)11(16)15-10-5-3-9(13)4-6-10/h3-6H,7-8,14H2,1-2H3,(H,15,16). The average Bonchev–Trinajstić information content (AvgIpc) is 2.21. The Hall–Kier alpha value is -1.42. The summed E-state index contributed by atoms with van der Waals surface area (Å²) in [5, 5.41) is 2.73. The molecule has 0 aromatic heterocycles. The van der Waals surface area contributed by atoms with E-state index in [4.69, 9.17) is 5.73 Å². The molecular formula is C12H17FN2O. The molecule has 16 heavy (non-hydrogen) atoms. The zero-order valence-electron chi connectivity index (χ0n) is 9.59. The first-order valence-corrected chi connectivity index (χ1v) is 5.23. The molecule has 0 fully saturated rings. The number of rotatable bonds is 4. The van der Waals surface area contributed by atoms with Crippen molar-refractivity contribution in [1.29, 1.82) is 0 Å². The number of nitrogens with one attached hydrogen (secondary N) is 1. The summed E-state index contributed by atoms with van der Waals surface area (Å²) in [6, 6.07) is 5.69. The van der Waals surface area contributed by atoms with E-state index in [0.29, 0.717) is 18.7 Å². The van der Waals surface area contributed by atoms with Gasteiger partial charge < -0.3 is 11.1 Å². The third kappa shape index (κ3) is 3.31. The monoisotopic (exact) mass is 224 g/mol. The molecule has 0 spiro atoms. The van der Waals surface area contributed by atoms with Crippen LogP contribution in [0.2, 0.25) is 0 Å². The van der Waals surface area contributed by atoms with E-state index in [0.717, 1.165) is 0 Å². The maximum Gasteiger partial charge on any atom is 0.230 e. The Labute approximate surface area is 94.8 Å². The van der Waals surface area contributed by atoms with Gasteiger partial charge in [0.15, 0.2) is 0 Å². The molecule has 0 saturated heterocycles. The van der Waals surface area contributed by atoms with Gasteiger partial charge in [-0.05, 0) is 37.2 Å². The highest BCUT2D eigenvalue weighted by atomic mass is 19.1. The van der Waals surface area contributed by atoms with Gasteiger partial charge in [0.1, 0.15) is 5.82 Å². The topological polar surface area (TPSA) is 55.1 Å². The van der Waals surface area contributed by atoms with Crippen LogP contribution in [0.15, 0.2) is 24.3 Å². The summed E-state index contributed by atoms with van der Waals surface area (Å²) in [4.78, 5) is 11.8. The number of halogens is 1. The fourth-order valence-electron chi connectivity index (χ4n) is 1.31. The Kier molecular flexibility index (Phi) is 4.01. The molecule has 0 radical (unpaired) electrons. The van der Waals surface area contributed by atoms with Crippen molar-refractivity contribution in [2.24, 2.45) is 11.1 Å². The zero-order valence-corrected chi connectivity index (χ0v) is 9.59. The second-order valence-corrected chi connectivity index (χ2v) is 4.38. The molecule has 1 aromatic rings. The van der Waals surface area contributed by atoms with Gasteiger partial charge in [-0.1, -0.05) is 13.8 Å². The number of benzene rings is 1. The fraction of sp³-hybridized carbons (Fsp3) is 0.417. The predicted octanol–water partition coefficient (Wildman–Crippen LogP) is 2.14. The predicted molar refractivity (Wildman–Crippen MR) is 62.5 cm³/mol. The molecule has 0 saturated carbocycles. The van der Waals surface area contributed by atoms with E-state index in [1.54, 1.807) is 0 Å². The molecule has 3 nitrogen and oxygen atoms in total. The Bertz CT molecular complexity index is 360. The molecule has 0 atom stereocenters. The lowest BCUT2D eigenvalue weighted by Crippen LogP contribution is -2.32. The van der Waals surface area contributed by atoms with Crippen molar-refractivity contribution in [2.75, 3.05) is 11.9 Å². The van der Waals surface area contributed by atoms with Crippen molar-refractivity contribution in [3.8, 4) is 0 Å². The Balaban J connectivity index is 2.67. The normalized spacial score (nSPS) is 11.2. The van der Waals surface area contributed by atoms with Crippen molar-refractivity contribution < 1.29 is 9.18 Å². The van der Waals surface area contributed by atoms with Gasteiger partial charge in [0, 0.05) is 11.1 Å². The van der Waals surface area contributed by atoms with Gasteiger partial charge in [-0.25, -0.2) is 4.39 Å². The third-order valence-corrected chi connectivity index (χ3v) is 2.49. The molecule has 3 N–H and O–H groups in total. The SMILES string of the molecule is CC(C)(CCN)C(=O)Nc1ccc(F)cc1. The molecule has 0 heterocycles. The number of amides is 1. The van der Waals surface area contributed by atoms with E-state index < -0.39 is 5.41 Å². The molecule has 1 rings (SSSR count). The van der Waals surface area contributed by atoms with Gasteiger partial charge in [0.2, 0.25) is 5.91 Å². The minimum Gasteiger partial charge on any atom is -0.330 e. The van der Waals surface area contributed by atoms with Crippen LogP contribution in [0.25, 0.3) is 0 Å². The molecule has 88 valence electrons. The second kappa shape index (κ2) is 5.07. The van der Waals surface area contributed by atoms with Gasteiger partial charge in [-0.3, -0.25) is 4.79 Å². The van der Waals surface area contributed by atoms with Crippen LogP contribution < -0.4 is 11.1 Å². The number of hydrogen-bond acceptors (Lipinski definition) is 2. The van der Waals surface area contributed by atoms with Crippen molar-refractivity contribution in [2.45, 2.75) is 20.3 Å². The van der Waals surface area contributed by atoms with Crippen LogP contribution in [-0.4, -0.2) is 12.5 Å². The van der Waals surface area contributed by atoms with Crippen LogP contribution in [0.3, 0.4) is 0 Å². The van der Waals surface area contributed by atoms with E-state index in [2.05, 4.69) is 5.32 Å². The second-order valence-electron chi connectivity index (χ2n) is 4.38. The van der Waals surface area contributed by atoms with E-state index in [9.17, 15) is 9.18 Å². The van der Waals surface area contributed by atoms with Gasteiger partial charge in [-0.2, -0.15) is 0 Å². The molecule has 1 aromatic carbocycles. The smallest absolute Gasteiger partial charge is 0.230 e. The lowest BCUT2D eigenvalue weighted by molar-refractivity contribution is -0.124. The largest absolute Gasteiger partial charge is 0.330 e. The van der Waals surface area contributed by atoms with Gasteiger partial charge >= 0.3 is 0 Å². The van der Waals surface area contributed by atoms with E-state index in [-0.39, 0.29) is 11.7 Å². The third-order valence-electron chi connectivity index (χ3n) is 2.49. The Morgan fingerprint density at radius 3 is 2.44 bits per heavy atom. The first-order valence-electron chi connectivity index (χ1n) is 5.23. The molecule has 0 unspecified atom stereocenters. The molecule has 0 aliphatic heterocycles. The highest BCUT2D eigenvalue weighted by Gasteiger charge is 2.26. The average molecular weight is 224 g/mol. The van der Waals surface area contributed by atoms with Gasteiger partial charge in [0.05, 0.1) is 0 Å². The molecule has 0 bridgehead atoms. The molecule has 1 amide bonds. The number of hydrogen-bond donors (Lipinski definition) is 2. The summed E-state index contributed by atoms with van der Waals surface area (Å²) >= 11 is 0. The van der Waals surface area contributed by atoms with Crippen LogP contribution in [0, 0.1) is 11.2 Å². The van der Waals surface area contributed by atoms with Crippen molar-refractivity contribution in [3.05, 3.63) is 30.1 Å². The lowest BCUT2D eigenvalue weighted by atomic mass is 9.88. The van der Waals surface area contributed by atoms with Crippen LogP contribution in [-0.2, 0) is 4.79 Å². The number of anilines is 1. The molecular weight excluding hydrogens is 207 g/mol. The van der Waals surface area contributed by atoms with E-state index in [1.807, 2.05) is 13.8 Å². The molecule has 4 heteroatoms. The summed E-state index contributed by atoms with van der Waals surface area (Å²) in [5.41, 5.74) is 5.52. The van der Waals surface area contributed by atoms with Crippen LogP contribution in [0.5, 0.6) is 0 Å². The number of carbonyl (C=O) groups is 1. The minimum absolute atomic E-state index is 0.107. The molecule has 0 aliphatic rings. The van der Waals surface area contributed by atoms with E-state index >= 15 is 0 Å². The first-order chi connectivity index (χ1) is 7.45. The first kappa shape index (κ1) is 12.6. The summed E-state index contributed by atoms with van der Waals surface area (Å²) in [7, 11) is 0. The van der Waals surface area contributed by atoms with E-state index in [1.165, 1.54) is 24.3 Å². The fourth-order valence-corrected chi connectivity index (χ4v) is 1.31. The summed E-state index contributed by atoms with van der Waals surface area (Å²) in [6.45, 7) is 4.13. The lowest BCUT2D eigenvalue weighted by Gasteiger charge is -2.22. The minimum atomic E-state index is -0.511. The van der Waals surface area contributed by atoms with Gasteiger partial charge in [-0.15, -0.1) is 0 Å². The van der Waals surface area contributed by atoms with Crippen LogP contribution in [0.4, 0.5) is 10.1 Å². The summed E-state index contributed by atoms with van der Waals surface area (Å²) in [5.74, 6) is -0.427. The van der Waals surface area contributed by atoms with Crippen LogP contribution in [0.1, 0.15) is 20.3 Å². The van der Waals surface area contributed by atoms with Crippen molar-refractivity contribution in [1.82, 2.24) is 0 Å². The molecule has 0 aliphatic carbocycles. The highest BCUT2D eigenvalue weighted by molar-refractivity contribution is 5.94. The van der Waals surface area contributed by atoms with Crippen molar-refractivity contribution in [3.63, 3.8) is 0 Å². The number of carbonyl (C=O) groups excluding carboxylic acids is 1. The van der Waals surface area contributed by atoms with Gasteiger partial charge in [0.25, 0.3) is 0 Å². The number of nitrogens with two attached hydrogens (primary N) is 1. The quantitative estimate of drug-likeness (QED) is 0.823. The highest BCUT2D eigenvalue weighted by Crippen LogP contribution is 2.22. The summed E-state index contributed by atoms with van der Waals surface area (Å²) in [6.07, 6.45) is 0.611. The van der Waals surface area contributed by atoms with Crippen molar-refractivity contribution >= 4 is 11.6 Å². The Morgan fingerprint density at radius 2 is 1.94 bits per heavy atom. The Morgan fingerprint density at radius 1 is 1.38 bits per heavy atom. The maximum absolute atomic E-state index is 12.6. The zero-order chi connectivity index (χ0) is 12.2. The maximum atomic E-state index is 12.6. The summed E-state index contributed by atoms with van der Waals surface area (Å²) < 4.78 is 12.6. The van der Waals surface area contributed by atoms with Crippen LogP contribution >= 0.6 is 0 Å².